The van der Waals surface area contributed by atoms with E-state index in [1.807, 2.05) is 125 Å². The molecule has 1 aliphatic rings. The lowest BCUT2D eigenvalue weighted by Crippen LogP contribution is -2.59. The first-order valence-electron chi connectivity index (χ1n) is 16.7. The van der Waals surface area contributed by atoms with Crippen LogP contribution in [0, 0.1) is 33.1 Å². The first-order chi connectivity index (χ1) is 22.3. The monoisotopic (exact) mass is 632 g/mol. The summed E-state index contributed by atoms with van der Waals surface area (Å²) >= 11 is 0. The summed E-state index contributed by atoms with van der Waals surface area (Å²) in [6.45, 7) is 11.5. The largest absolute Gasteiger partial charge is 0.378 e. The third-order valence-electron chi connectivity index (χ3n) is 10.2. The molecule has 4 N–H and O–H groups in total. The summed E-state index contributed by atoms with van der Waals surface area (Å²) in [7, 11) is 0. The van der Waals surface area contributed by atoms with Crippen LogP contribution in [0.1, 0.15) is 84.0 Å². The van der Waals surface area contributed by atoms with Crippen molar-refractivity contribution < 1.29 is 19.8 Å². The van der Waals surface area contributed by atoms with Gasteiger partial charge < -0.3 is 20.8 Å². The van der Waals surface area contributed by atoms with Crippen molar-refractivity contribution in [2.24, 2.45) is 5.41 Å². The third kappa shape index (κ3) is 6.50. The quantitative estimate of drug-likeness (QED) is 0.147. The maximum Gasteiger partial charge on any atom is 0.236 e. The summed E-state index contributed by atoms with van der Waals surface area (Å²) in [5, 5.41) is 31.0. The van der Waals surface area contributed by atoms with Crippen LogP contribution in [0.3, 0.4) is 0 Å². The molecule has 2 amide bonds. The number of nitrogens with one attached hydrogen (secondary N) is 2. The number of benzene rings is 4. The fraction of sp³-hybridized carbons (Fsp3) is 0.366. The molecule has 0 aliphatic heterocycles. The topological polar surface area (TPSA) is 98.7 Å². The van der Waals surface area contributed by atoms with Crippen LogP contribution in [0.4, 0.5) is 0 Å². The van der Waals surface area contributed by atoms with E-state index in [9.17, 15) is 19.8 Å². The van der Waals surface area contributed by atoms with E-state index < -0.39 is 40.5 Å². The Morgan fingerprint density at radius 1 is 0.532 bits per heavy atom. The maximum absolute atomic E-state index is 14.3. The molecule has 1 fully saturated rings. The summed E-state index contributed by atoms with van der Waals surface area (Å²) in [5.74, 6) is -0.835. The standard InChI is InChI=1S/C41H48N2O4/c1-27-9-17-33(18-10-27)40(46,34-19-11-28(2)12-20-34)31(5)42-37(44)39(25-7-8-26-39)38(45)43-32(6)41(47,35-21-13-29(3)14-22-35)36-23-15-30(4)16-24-36/h9-24,31-32,46-47H,7-8,25-26H2,1-6H3,(H,42,44)(H,43,45)/t31-,32-/m1/s1. The van der Waals surface area contributed by atoms with Gasteiger partial charge in [0.2, 0.25) is 11.8 Å². The number of hydrogen-bond donors (Lipinski definition) is 4. The zero-order valence-electron chi connectivity index (χ0n) is 28.4. The second kappa shape index (κ2) is 13.5. The molecule has 1 aliphatic carbocycles. The zero-order valence-corrected chi connectivity index (χ0v) is 28.4. The smallest absolute Gasteiger partial charge is 0.236 e. The molecule has 4 aromatic carbocycles. The third-order valence-corrected chi connectivity index (χ3v) is 10.2. The van der Waals surface area contributed by atoms with Gasteiger partial charge in [-0.25, -0.2) is 0 Å². The first kappa shape index (κ1) is 34.1. The summed E-state index contributed by atoms with van der Waals surface area (Å²) in [6.07, 6.45) is 2.21. The van der Waals surface area contributed by atoms with E-state index in [2.05, 4.69) is 10.6 Å². The Morgan fingerprint density at radius 2 is 0.766 bits per heavy atom. The average molecular weight is 633 g/mol. The second-order valence-electron chi connectivity index (χ2n) is 13.7. The Morgan fingerprint density at radius 3 is 1.00 bits per heavy atom. The first-order valence-corrected chi connectivity index (χ1v) is 16.7. The molecule has 6 nitrogen and oxygen atoms in total. The van der Waals surface area contributed by atoms with E-state index in [4.69, 9.17) is 0 Å². The van der Waals surface area contributed by atoms with Crippen molar-refractivity contribution in [3.05, 3.63) is 142 Å². The van der Waals surface area contributed by atoms with Crippen molar-refractivity contribution in [3.63, 3.8) is 0 Å². The van der Waals surface area contributed by atoms with Crippen LogP contribution in [0.5, 0.6) is 0 Å². The highest BCUT2D eigenvalue weighted by Gasteiger charge is 2.51. The van der Waals surface area contributed by atoms with Crippen molar-refractivity contribution in [3.8, 4) is 0 Å². The molecule has 0 heterocycles. The van der Waals surface area contributed by atoms with Gasteiger partial charge in [-0.3, -0.25) is 9.59 Å². The van der Waals surface area contributed by atoms with Crippen LogP contribution < -0.4 is 10.6 Å². The SMILES string of the molecule is Cc1ccc(C(O)(c2ccc(C)cc2)[C@@H](C)NC(=O)C2(C(=O)N[C@H](C)C(O)(c3ccc(C)cc3)c3ccc(C)cc3)CCCC2)cc1. The van der Waals surface area contributed by atoms with E-state index in [0.29, 0.717) is 35.1 Å². The lowest BCUT2D eigenvalue weighted by molar-refractivity contribution is -0.146. The highest BCUT2D eigenvalue weighted by atomic mass is 16.3. The number of carbonyl (C=O) groups excluding carboxylic acids is 2. The fourth-order valence-corrected chi connectivity index (χ4v) is 6.98. The molecule has 1 saturated carbocycles. The van der Waals surface area contributed by atoms with E-state index in [-0.39, 0.29) is 0 Å². The Hall–Kier alpha value is -4.26. The highest BCUT2D eigenvalue weighted by Crippen LogP contribution is 2.42. The molecular formula is C41H48N2O4. The van der Waals surface area contributed by atoms with Crippen LogP contribution in [0.2, 0.25) is 0 Å². The molecule has 0 saturated heterocycles. The number of rotatable bonds is 10. The molecule has 5 rings (SSSR count). The molecule has 2 atom stereocenters. The van der Waals surface area contributed by atoms with Gasteiger partial charge in [0.25, 0.3) is 0 Å². The Labute approximate surface area is 279 Å². The lowest BCUT2D eigenvalue weighted by atomic mass is 9.77. The van der Waals surface area contributed by atoms with Gasteiger partial charge in [-0.1, -0.05) is 132 Å². The second-order valence-corrected chi connectivity index (χ2v) is 13.7. The van der Waals surface area contributed by atoms with Gasteiger partial charge in [0, 0.05) is 0 Å². The van der Waals surface area contributed by atoms with Crippen molar-refractivity contribution in [2.45, 2.75) is 90.5 Å². The molecule has 6 heteroatoms. The van der Waals surface area contributed by atoms with Gasteiger partial charge in [-0.2, -0.15) is 0 Å². The molecule has 0 spiro atoms. The van der Waals surface area contributed by atoms with Crippen LogP contribution in [0.25, 0.3) is 0 Å². The van der Waals surface area contributed by atoms with Crippen molar-refractivity contribution >= 4 is 11.8 Å². The summed E-state index contributed by atoms with van der Waals surface area (Å²) in [5.41, 5.74) is 2.42. The van der Waals surface area contributed by atoms with Gasteiger partial charge in [0.1, 0.15) is 16.6 Å². The summed E-state index contributed by atoms with van der Waals surface area (Å²) in [4.78, 5) is 28.7. The molecule has 4 aromatic rings. The minimum absolute atomic E-state index is 0.380. The van der Waals surface area contributed by atoms with Crippen molar-refractivity contribution in [1.82, 2.24) is 10.6 Å². The van der Waals surface area contributed by atoms with Gasteiger partial charge in [-0.05, 0) is 76.6 Å². The molecule has 0 aromatic heterocycles. The molecule has 47 heavy (non-hydrogen) atoms. The van der Waals surface area contributed by atoms with E-state index in [1.165, 1.54) is 0 Å². The summed E-state index contributed by atoms with van der Waals surface area (Å²) in [6, 6.07) is 29.1. The average Bonchev–Trinajstić information content (AvgIpc) is 3.57. The molecule has 0 bridgehead atoms. The van der Waals surface area contributed by atoms with Crippen LogP contribution >= 0.6 is 0 Å². The molecule has 0 unspecified atom stereocenters. The lowest BCUT2D eigenvalue weighted by Gasteiger charge is -2.40. The van der Waals surface area contributed by atoms with Gasteiger partial charge >= 0.3 is 0 Å². The van der Waals surface area contributed by atoms with Crippen LogP contribution in [0.15, 0.2) is 97.1 Å². The minimum atomic E-state index is -1.54. The Bertz CT molecular complexity index is 1470. The van der Waals surface area contributed by atoms with E-state index in [0.717, 1.165) is 35.1 Å². The number of amides is 2. The fourth-order valence-electron chi connectivity index (χ4n) is 6.98. The number of carbonyl (C=O) groups is 2. The molecular weight excluding hydrogens is 584 g/mol. The normalized spacial score (nSPS) is 15.9. The minimum Gasteiger partial charge on any atom is -0.378 e. The number of aryl methyl sites for hydroxylation is 4. The van der Waals surface area contributed by atoms with Crippen LogP contribution in [-0.2, 0) is 20.8 Å². The van der Waals surface area contributed by atoms with E-state index >= 15 is 0 Å². The van der Waals surface area contributed by atoms with Gasteiger partial charge in [0.05, 0.1) is 12.1 Å². The summed E-state index contributed by atoms with van der Waals surface area (Å²) < 4.78 is 0. The van der Waals surface area contributed by atoms with Crippen LogP contribution in [-0.4, -0.2) is 34.1 Å². The van der Waals surface area contributed by atoms with Gasteiger partial charge in [-0.15, -0.1) is 0 Å². The van der Waals surface area contributed by atoms with Crippen molar-refractivity contribution in [1.29, 1.82) is 0 Å². The molecule has 246 valence electrons. The number of hydrogen-bond acceptors (Lipinski definition) is 4. The van der Waals surface area contributed by atoms with Gasteiger partial charge in [0.15, 0.2) is 0 Å². The highest BCUT2D eigenvalue weighted by molar-refractivity contribution is 6.05. The molecule has 0 radical (unpaired) electrons. The Balaban J connectivity index is 1.46. The van der Waals surface area contributed by atoms with E-state index in [1.54, 1.807) is 13.8 Å². The predicted molar refractivity (Wildman–Crippen MR) is 187 cm³/mol. The number of aliphatic hydroxyl groups is 2. The predicted octanol–water partition coefficient (Wildman–Crippen LogP) is 6.66. The maximum atomic E-state index is 14.3. The Kier molecular flexibility index (Phi) is 9.76. The zero-order chi connectivity index (χ0) is 34.0. The van der Waals surface area contributed by atoms with Crippen molar-refractivity contribution in [2.75, 3.05) is 0 Å².